The number of thioether (sulfide) groups is 1. The molecule has 0 N–H and O–H groups in total. The predicted octanol–water partition coefficient (Wildman–Crippen LogP) is 4.64. The topological polar surface area (TPSA) is 90.7 Å². The van der Waals surface area contributed by atoms with Crippen LogP contribution >= 0.6 is 23.1 Å². The lowest BCUT2D eigenvalue weighted by Gasteiger charge is -2.01. The van der Waals surface area contributed by atoms with Crippen LogP contribution in [0.1, 0.15) is 40.2 Å². The molecule has 3 aromatic heterocycles. The zero-order valence-corrected chi connectivity index (χ0v) is 16.7. The maximum atomic E-state index is 5.81. The van der Waals surface area contributed by atoms with Gasteiger partial charge in [-0.05, 0) is 32.9 Å². The molecule has 7 nitrogen and oxygen atoms in total. The van der Waals surface area contributed by atoms with Gasteiger partial charge in [-0.25, -0.2) is 4.98 Å². The van der Waals surface area contributed by atoms with Gasteiger partial charge in [0.2, 0.25) is 17.7 Å². The Morgan fingerprint density at radius 3 is 2.59 bits per heavy atom. The monoisotopic (exact) mass is 399 g/mol. The summed E-state index contributed by atoms with van der Waals surface area (Å²) in [5.41, 5.74) is 3.02. The van der Waals surface area contributed by atoms with Crippen molar-refractivity contribution in [3.63, 3.8) is 0 Å². The second kappa shape index (κ2) is 7.61. The summed E-state index contributed by atoms with van der Waals surface area (Å²) in [5.74, 6) is 1.56. The van der Waals surface area contributed by atoms with E-state index in [0.717, 1.165) is 16.3 Å². The van der Waals surface area contributed by atoms with Crippen LogP contribution in [-0.4, -0.2) is 25.4 Å². The molecule has 0 aliphatic heterocycles. The van der Waals surface area contributed by atoms with E-state index in [9.17, 15) is 0 Å². The molecule has 0 saturated carbocycles. The van der Waals surface area contributed by atoms with Gasteiger partial charge in [0.1, 0.15) is 0 Å². The summed E-state index contributed by atoms with van der Waals surface area (Å²) in [5, 5.41) is 19.9. The van der Waals surface area contributed by atoms with Crippen molar-refractivity contribution in [2.45, 2.75) is 37.7 Å². The second-order valence-electron chi connectivity index (χ2n) is 6.07. The number of rotatable bonds is 6. The van der Waals surface area contributed by atoms with Gasteiger partial charge in [-0.3, -0.25) is 0 Å². The molecule has 0 radical (unpaired) electrons. The van der Waals surface area contributed by atoms with E-state index >= 15 is 0 Å². The van der Waals surface area contributed by atoms with Crippen LogP contribution < -0.4 is 0 Å². The van der Waals surface area contributed by atoms with Gasteiger partial charge >= 0.3 is 0 Å². The average Bonchev–Trinajstić information content (AvgIpc) is 3.38. The predicted molar refractivity (Wildman–Crippen MR) is 103 cm³/mol. The normalized spacial score (nSPS) is 12.4. The molecule has 1 atom stereocenters. The van der Waals surface area contributed by atoms with Crippen molar-refractivity contribution in [1.82, 2.24) is 25.4 Å². The molecule has 27 heavy (non-hydrogen) atoms. The van der Waals surface area contributed by atoms with E-state index in [1.165, 1.54) is 17.3 Å². The lowest BCUT2D eigenvalue weighted by atomic mass is 10.1. The van der Waals surface area contributed by atoms with Crippen LogP contribution in [-0.2, 0) is 6.42 Å². The van der Waals surface area contributed by atoms with Crippen molar-refractivity contribution in [1.29, 1.82) is 0 Å². The molecule has 0 spiro atoms. The Morgan fingerprint density at radius 2 is 1.85 bits per heavy atom. The summed E-state index contributed by atoms with van der Waals surface area (Å²) in [6, 6.07) is 7.96. The first kappa shape index (κ1) is 17.9. The zero-order chi connectivity index (χ0) is 18.8. The highest BCUT2D eigenvalue weighted by Gasteiger charge is 2.19. The molecule has 4 aromatic rings. The lowest BCUT2D eigenvalue weighted by Crippen LogP contribution is -1.88. The Balaban J connectivity index is 1.42. The molecule has 4 rings (SSSR count). The van der Waals surface area contributed by atoms with Crippen molar-refractivity contribution in [3.8, 4) is 11.5 Å². The number of hydrogen-bond acceptors (Lipinski definition) is 9. The maximum absolute atomic E-state index is 5.81. The third-order valence-corrected chi connectivity index (χ3v) is 5.56. The molecule has 0 fully saturated rings. The van der Waals surface area contributed by atoms with Crippen molar-refractivity contribution in [2.24, 2.45) is 0 Å². The van der Waals surface area contributed by atoms with Gasteiger partial charge in [-0.1, -0.05) is 29.5 Å². The van der Waals surface area contributed by atoms with Gasteiger partial charge in [-0.15, -0.1) is 31.7 Å². The minimum absolute atomic E-state index is 0.105. The van der Waals surface area contributed by atoms with E-state index in [1.807, 2.05) is 50.4 Å². The number of aryl methyl sites for hydroxylation is 2. The lowest BCUT2D eigenvalue weighted by molar-refractivity contribution is 0.417. The van der Waals surface area contributed by atoms with Gasteiger partial charge in [0.05, 0.1) is 22.4 Å². The molecule has 3 heterocycles. The van der Waals surface area contributed by atoms with Gasteiger partial charge in [0.25, 0.3) is 5.22 Å². The van der Waals surface area contributed by atoms with Crippen LogP contribution in [0.2, 0.25) is 0 Å². The molecule has 138 valence electrons. The largest absolute Gasteiger partial charge is 0.419 e. The van der Waals surface area contributed by atoms with Gasteiger partial charge in [-0.2, -0.15) is 0 Å². The molecule has 0 aliphatic carbocycles. The Morgan fingerprint density at radius 1 is 1.04 bits per heavy atom. The first-order chi connectivity index (χ1) is 13.1. The van der Waals surface area contributed by atoms with Crippen LogP contribution in [0, 0.1) is 13.8 Å². The summed E-state index contributed by atoms with van der Waals surface area (Å²) >= 11 is 3.00. The molecule has 1 unspecified atom stereocenters. The molecule has 1 aromatic carbocycles. The fourth-order valence-electron chi connectivity index (χ4n) is 2.41. The van der Waals surface area contributed by atoms with E-state index in [-0.39, 0.29) is 5.25 Å². The highest BCUT2D eigenvalue weighted by atomic mass is 32.2. The summed E-state index contributed by atoms with van der Waals surface area (Å²) < 4.78 is 11.5. The van der Waals surface area contributed by atoms with Crippen LogP contribution in [0.25, 0.3) is 11.5 Å². The molecular formula is C18H17N5O2S2. The molecule has 0 aliphatic rings. The molecule has 9 heteroatoms. The first-order valence-corrected chi connectivity index (χ1v) is 10.1. The Bertz CT molecular complexity index is 1040. The Kier molecular flexibility index (Phi) is 5.04. The van der Waals surface area contributed by atoms with Gasteiger partial charge < -0.3 is 8.83 Å². The number of aromatic nitrogens is 5. The first-order valence-electron chi connectivity index (χ1n) is 8.37. The van der Waals surface area contributed by atoms with Crippen LogP contribution in [0.15, 0.2) is 43.7 Å². The zero-order valence-electron chi connectivity index (χ0n) is 15.0. The van der Waals surface area contributed by atoms with Crippen molar-refractivity contribution in [2.75, 3.05) is 0 Å². The summed E-state index contributed by atoms with van der Waals surface area (Å²) in [6.07, 6.45) is 0.532. The quantitative estimate of drug-likeness (QED) is 0.433. The summed E-state index contributed by atoms with van der Waals surface area (Å²) in [4.78, 5) is 4.41. The molecule has 0 amide bonds. The van der Waals surface area contributed by atoms with Gasteiger partial charge in [0, 0.05) is 10.9 Å². The highest BCUT2D eigenvalue weighted by molar-refractivity contribution is 7.99. The smallest absolute Gasteiger partial charge is 0.277 e. The summed E-state index contributed by atoms with van der Waals surface area (Å²) in [7, 11) is 0. The highest BCUT2D eigenvalue weighted by Crippen LogP contribution is 2.34. The third kappa shape index (κ3) is 4.25. The number of hydrogen-bond donors (Lipinski definition) is 0. The van der Waals surface area contributed by atoms with E-state index in [2.05, 4.69) is 25.4 Å². The van der Waals surface area contributed by atoms with E-state index in [4.69, 9.17) is 8.83 Å². The van der Waals surface area contributed by atoms with Crippen molar-refractivity contribution in [3.05, 3.63) is 57.7 Å². The fourth-order valence-corrected chi connectivity index (χ4v) is 3.76. The second-order valence-corrected chi connectivity index (χ2v) is 8.42. The van der Waals surface area contributed by atoms with E-state index < -0.39 is 0 Å². The SMILES string of the molecule is Cc1ccc(-c2nnc(C(C)Sc3nnc(Cc4csc(C)n4)o3)o2)cc1. The number of nitrogens with zero attached hydrogens (tertiary/aromatic N) is 5. The van der Waals surface area contributed by atoms with Crippen LogP contribution in [0.3, 0.4) is 0 Å². The van der Waals surface area contributed by atoms with E-state index in [1.54, 1.807) is 11.3 Å². The Hall–Kier alpha value is -2.52. The fraction of sp³-hybridized carbons (Fsp3) is 0.278. The minimum Gasteiger partial charge on any atom is -0.419 e. The molecule has 0 bridgehead atoms. The average molecular weight is 400 g/mol. The Labute approximate surface area is 164 Å². The molecular weight excluding hydrogens is 382 g/mol. The minimum atomic E-state index is -0.105. The summed E-state index contributed by atoms with van der Waals surface area (Å²) in [6.45, 7) is 5.97. The van der Waals surface area contributed by atoms with Crippen molar-refractivity contribution >= 4 is 23.1 Å². The third-order valence-electron chi connectivity index (χ3n) is 3.81. The van der Waals surface area contributed by atoms with Gasteiger partial charge in [0.15, 0.2) is 0 Å². The molecule has 0 saturated heterocycles. The standard InChI is InChI=1S/C18H17N5O2S2/c1-10-4-6-13(7-5-10)17-22-21-16(25-17)11(2)27-18-23-20-15(24-18)8-14-9-26-12(3)19-14/h4-7,9,11H,8H2,1-3H3. The maximum Gasteiger partial charge on any atom is 0.277 e. The number of benzene rings is 1. The van der Waals surface area contributed by atoms with E-state index in [0.29, 0.717) is 29.3 Å². The van der Waals surface area contributed by atoms with Crippen LogP contribution in [0.4, 0.5) is 0 Å². The number of thiazole rings is 1. The van der Waals surface area contributed by atoms with Crippen LogP contribution in [0.5, 0.6) is 0 Å². The van der Waals surface area contributed by atoms with Crippen molar-refractivity contribution < 1.29 is 8.83 Å².